The van der Waals surface area contributed by atoms with E-state index in [1.54, 1.807) is 7.11 Å². The van der Waals surface area contributed by atoms with Gasteiger partial charge in [-0.05, 0) is 46.1 Å². The number of benzene rings is 1. The molecule has 0 saturated heterocycles. The lowest BCUT2D eigenvalue weighted by atomic mass is 10.1. The Bertz CT molecular complexity index is 778. The second-order valence-electron chi connectivity index (χ2n) is 4.31. The van der Waals surface area contributed by atoms with E-state index in [1.807, 2.05) is 18.2 Å². The van der Waals surface area contributed by atoms with Gasteiger partial charge in [0.15, 0.2) is 0 Å². The number of hydrogen-bond donors (Lipinski definition) is 1. The number of ether oxygens (including phenoxy) is 1. The molecule has 0 aliphatic carbocycles. The molecule has 0 aliphatic rings. The molecule has 2 rings (SSSR count). The van der Waals surface area contributed by atoms with Gasteiger partial charge in [-0.25, -0.2) is 13.1 Å². The molecule has 2 aromatic rings. The number of halogens is 3. The maximum absolute atomic E-state index is 12.1. The van der Waals surface area contributed by atoms with E-state index in [9.17, 15) is 8.42 Å². The summed E-state index contributed by atoms with van der Waals surface area (Å²) < 4.78 is 33.3. The molecule has 0 radical (unpaired) electrons. The quantitative estimate of drug-likeness (QED) is 0.720. The number of sulfonamides is 1. The molecule has 0 amide bonds. The Labute approximate surface area is 151 Å². The van der Waals surface area contributed by atoms with Crippen LogP contribution in [-0.4, -0.2) is 22.1 Å². The van der Waals surface area contributed by atoms with E-state index in [0.29, 0.717) is 10.8 Å². The van der Waals surface area contributed by atoms with Crippen molar-refractivity contribution in [3.8, 4) is 5.75 Å². The molecule has 0 spiro atoms. The average Bonchev–Trinajstić information content (AvgIpc) is 2.78. The van der Waals surface area contributed by atoms with Crippen molar-refractivity contribution in [1.82, 2.24) is 4.72 Å². The lowest BCUT2D eigenvalue weighted by Gasteiger charge is -2.08. The van der Waals surface area contributed by atoms with Gasteiger partial charge in [0.1, 0.15) is 15.0 Å². The zero-order chi connectivity index (χ0) is 16.3. The molecule has 0 aliphatic heterocycles. The van der Waals surface area contributed by atoms with Crippen LogP contribution in [0.1, 0.15) is 5.56 Å². The van der Waals surface area contributed by atoms with E-state index >= 15 is 0 Å². The van der Waals surface area contributed by atoms with Gasteiger partial charge in [-0.15, -0.1) is 11.3 Å². The number of methoxy groups -OCH3 is 1. The van der Waals surface area contributed by atoms with Crippen molar-refractivity contribution in [3.63, 3.8) is 0 Å². The minimum absolute atomic E-state index is 0.0140. The molecule has 0 fully saturated rings. The Morgan fingerprint density at radius 3 is 2.59 bits per heavy atom. The third-order valence-electron chi connectivity index (χ3n) is 2.84. The third-order valence-corrected chi connectivity index (χ3v) is 6.67. The van der Waals surface area contributed by atoms with Gasteiger partial charge in [0.2, 0.25) is 10.0 Å². The molecule has 0 atom stereocenters. The zero-order valence-electron chi connectivity index (χ0n) is 11.4. The second-order valence-corrected chi connectivity index (χ2v) is 9.18. The van der Waals surface area contributed by atoms with Gasteiger partial charge in [0.25, 0.3) is 0 Å². The Morgan fingerprint density at radius 1 is 1.32 bits per heavy atom. The molecule has 1 heterocycles. The fraction of sp³-hybridized carbons (Fsp3) is 0.231. The normalized spacial score (nSPS) is 11.6. The maximum Gasteiger partial charge on any atom is 0.242 e. The summed E-state index contributed by atoms with van der Waals surface area (Å²) in [5.41, 5.74) is 0.977. The Morgan fingerprint density at radius 2 is 2.05 bits per heavy atom. The molecule has 0 bridgehead atoms. The van der Waals surface area contributed by atoms with E-state index in [4.69, 9.17) is 27.9 Å². The molecule has 1 N–H and O–H groups in total. The van der Waals surface area contributed by atoms with Gasteiger partial charge in [-0.2, -0.15) is 0 Å². The summed E-state index contributed by atoms with van der Waals surface area (Å²) in [6.07, 6.45) is 0.539. The van der Waals surface area contributed by atoms with Gasteiger partial charge >= 0.3 is 0 Å². The molecule has 0 unspecified atom stereocenters. The van der Waals surface area contributed by atoms with Crippen LogP contribution in [0, 0.1) is 0 Å². The SMILES string of the molecule is COc1ccc(CCNS(=O)(=O)c2cc(Cl)sc2Cl)cc1Br. The lowest BCUT2D eigenvalue weighted by molar-refractivity contribution is 0.412. The fourth-order valence-electron chi connectivity index (χ4n) is 1.78. The van der Waals surface area contributed by atoms with E-state index in [1.165, 1.54) is 6.07 Å². The predicted octanol–water partition coefficient (Wildman–Crippen LogP) is 4.35. The average molecular weight is 445 g/mol. The maximum atomic E-state index is 12.1. The molecule has 0 saturated carbocycles. The van der Waals surface area contributed by atoms with Crippen LogP contribution in [0.3, 0.4) is 0 Å². The highest BCUT2D eigenvalue weighted by Crippen LogP contribution is 2.34. The summed E-state index contributed by atoms with van der Waals surface area (Å²) in [6, 6.07) is 6.94. The molecule has 1 aromatic carbocycles. The first-order valence-corrected chi connectivity index (χ1v) is 9.95. The smallest absolute Gasteiger partial charge is 0.242 e. The highest BCUT2D eigenvalue weighted by atomic mass is 79.9. The summed E-state index contributed by atoms with van der Waals surface area (Å²) in [7, 11) is -2.07. The zero-order valence-corrected chi connectivity index (χ0v) is 16.1. The fourth-order valence-corrected chi connectivity index (χ4v) is 5.55. The van der Waals surface area contributed by atoms with Crippen LogP contribution in [0.25, 0.3) is 0 Å². The first-order valence-electron chi connectivity index (χ1n) is 6.10. The molecule has 9 heteroatoms. The first-order chi connectivity index (χ1) is 10.3. The molecule has 22 heavy (non-hydrogen) atoms. The Balaban J connectivity index is 2.01. The standard InChI is InChI=1S/C13H12BrCl2NO3S2/c1-20-10-3-2-8(6-9(10)14)4-5-17-22(18,19)11-7-12(15)21-13(11)16/h2-3,6-7,17H,4-5H2,1H3. The molecule has 1 aromatic heterocycles. The van der Waals surface area contributed by atoms with Crippen molar-refractivity contribution < 1.29 is 13.2 Å². The summed E-state index contributed by atoms with van der Waals surface area (Å²) in [5.74, 6) is 0.726. The number of nitrogens with one attached hydrogen (secondary N) is 1. The Hall–Kier alpha value is -0.310. The summed E-state index contributed by atoms with van der Waals surface area (Å²) in [5, 5.41) is 0. The summed E-state index contributed by atoms with van der Waals surface area (Å²) >= 11 is 16.1. The van der Waals surface area contributed by atoms with Crippen molar-refractivity contribution in [2.24, 2.45) is 0 Å². The largest absolute Gasteiger partial charge is 0.496 e. The van der Waals surface area contributed by atoms with Crippen LogP contribution in [0.15, 0.2) is 33.6 Å². The van der Waals surface area contributed by atoms with E-state index in [2.05, 4.69) is 20.7 Å². The predicted molar refractivity (Wildman–Crippen MR) is 93.9 cm³/mol. The van der Waals surface area contributed by atoms with Gasteiger partial charge in [0.05, 0.1) is 15.9 Å². The van der Waals surface area contributed by atoms with E-state index < -0.39 is 10.0 Å². The van der Waals surface area contributed by atoms with Gasteiger partial charge in [-0.1, -0.05) is 29.3 Å². The lowest BCUT2D eigenvalue weighted by Crippen LogP contribution is -2.25. The summed E-state index contributed by atoms with van der Waals surface area (Å²) in [4.78, 5) is 0.0140. The Kier molecular flexibility index (Phi) is 6.15. The minimum Gasteiger partial charge on any atom is -0.496 e. The van der Waals surface area contributed by atoms with Crippen LogP contribution < -0.4 is 9.46 Å². The van der Waals surface area contributed by atoms with Crippen molar-refractivity contribution in [1.29, 1.82) is 0 Å². The number of hydrogen-bond acceptors (Lipinski definition) is 4. The van der Waals surface area contributed by atoms with Crippen LogP contribution in [-0.2, 0) is 16.4 Å². The highest BCUT2D eigenvalue weighted by molar-refractivity contribution is 9.10. The van der Waals surface area contributed by atoms with E-state index in [-0.39, 0.29) is 15.8 Å². The molecule has 120 valence electrons. The van der Waals surface area contributed by atoms with Gasteiger partial charge in [0, 0.05) is 6.54 Å². The minimum atomic E-state index is -3.66. The first kappa shape index (κ1) is 18.0. The monoisotopic (exact) mass is 443 g/mol. The van der Waals surface area contributed by atoms with Crippen molar-refractivity contribution in [2.75, 3.05) is 13.7 Å². The van der Waals surface area contributed by atoms with Crippen LogP contribution in [0.4, 0.5) is 0 Å². The molecular weight excluding hydrogens is 433 g/mol. The highest BCUT2D eigenvalue weighted by Gasteiger charge is 2.20. The van der Waals surface area contributed by atoms with Crippen molar-refractivity contribution >= 4 is 60.5 Å². The number of thiophene rings is 1. The topological polar surface area (TPSA) is 55.4 Å². The third kappa shape index (κ3) is 4.37. The summed E-state index contributed by atoms with van der Waals surface area (Å²) in [6.45, 7) is 0.255. The van der Waals surface area contributed by atoms with Gasteiger partial charge in [-0.3, -0.25) is 0 Å². The van der Waals surface area contributed by atoms with Crippen molar-refractivity contribution in [2.45, 2.75) is 11.3 Å². The van der Waals surface area contributed by atoms with Crippen molar-refractivity contribution in [3.05, 3.63) is 43.0 Å². The van der Waals surface area contributed by atoms with Crippen LogP contribution >= 0.6 is 50.5 Å². The van der Waals surface area contributed by atoms with Gasteiger partial charge < -0.3 is 4.74 Å². The van der Waals surface area contributed by atoms with Crippen LogP contribution in [0.5, 0.6) is 5.75 Å². The second kappa shape index (κ2) is 7.51. The van der Waals surface area contributed by atoms with E-state index in [0.717, 1.165) is 27.1 Å². The number of rotatable bonds is 6. The molecule has 4 nitrogen and oxygen atoms in total. The molecular formula is C13H12BrCl2NO3S2. The van der Waals surface area contributed by atoms with Crippen LogP contribution in [0.2, 0.25) is 8.67 Å².